The lowest BCUT2D eigenvalue weighted by Crippen LogP contribution is -2.22. The molecule has 0 radical (unpaired) electrons. The summed E-state index contributed by atoms with van der Waals surface area (Å²) < 4.78 is 51.0. The zero-order valence-corrected chi connectivity index (χ0v) is 20.9. The summed E-state index contributed by atoms with van der Waals surface area (Å²) in [5.41, 5.74) is 2.95. The highest BCUT2D eigenvalue weighted by Crippen LogP contribution is 2.39. The molecule has 6 nitrogen and oxygen atoms in total. The lowest BCUT2D eigenvalue weighted by Gasteiger charge is -2.13. The summed E-state index contributed by atoms with van der Waals surface area (Å²) in [5, 5.41) is 3.48. The molecule has 0 aliphatic carbocycles. The fraction of sp³-hybridized carbons (Fsp3) is 0.214. The van der Waals surface area contributed by atoms with E-state index in [-0.39, 0.29) is 24.0 Å². The maximum absolute atomic E-state index is 12.9. The minimum Gasteiger partial charge on any atom is -0.455 e. The summed E-state index contributed by atoms with van der Waals surface area (Å²) in [6.45, 7) is 2.15. The number of aromatic nitrogens is 1. The van der Waals surface area contributed by atoms with Crippen molar-refractivity contribution in [3.8, 4) is 17.2 Å². The number of carbonyl (C=O) groups excluding carboxylic acids is 2. The van der Waals surface area contributed by atoms with Crippen molar-refractivity contribution in [3.05, 3.63) is 88.6 Å². The maximum Gasteiger partial charge on any atom is 0.573 e. The zero-order chi connectivity index (χ0) is 27.0. The number of imide groups is 1. The fourth-order valence-corrected chi connectivity index (χ4v) is 4.80. The lowest BCUT2D eigenvalue weighted by atomic mass is 9.96. The van der Waals surface area contributed by atoms with Crippen molar-refractivity contribution >= 4 is 34.3 Å². The average molecular weight is 543 g/mol. The number of fused-ring (bicyclic) bond motifs is 1. The molecule has 196 valence electrons. The van der Waals surface area contributed by atoms with Gasteiger partial charge in [-0.3, -0.25) is 14.9 Å². The Balaban J connectivity index is 1.51. The van der Waals surface area contributed by atoms with Gasteiger partial charge >= 0.3 is 6.36 Å². The Morgan fingerprint density at radius 1 is 1.00 bits per heavy atom. The first kappa shape index (κ1) is 25.7. The van der Waals surface area contributed by atoms with E-state index < -0.39 is 12.3 Å². The number of hydrogen-bond donors (Lipinski definition) is 1. The van der Waals surface area contributed by atoms with Crippen LogP contribution in [0.5, 0.6) is 17.2 Å². The topological polar surface area (TPSA) is 69.6 Å². The normalized spacial score (nSPS) is 15.7. The highest BCUT2D eigenvalue weighted by atomic mass is 35.5. The minimum absolute atomic E-state index is 0.151. The Bertz CT molecular complexity index is 1530. The summed E-state index contributed by atoms with van der Waals surface area (Å²) in [4.78, 5) is 23.6. The quantitative estimate of drug-likeness (QED) is 0.269. The monoisotopic (exact) mass is 542 g/mol. The molecule has 2 amide bonds. The summed E-state index contributed by atoms with van der Waals surface area (Å²) >= 11 is 5.98. The number of carbonyl (C=O) groups is 2. The van der Waals surface area contributed by atoms with Crippen LogP contribution in [0.4, 0.5) is 13.2 Å². The van der Waals surface area contributed by atoms with Crippen molar-refractivity contribution in [1.82, 2.24) is 9.88 Å². The first-order valence-corrected chi connectivity index (χ1v) is 12.2. The Kier molecular flexibility index (Phi) is 6.79. The number of alkyl halides is 3. The van der Waals surface area contributed by atoms with Crippen molar-refractivity contribution in [2.24, 2.45) is 5.92 Å². The molecule has 5 rings (SSSR count). The Morgan fingerprint density at radius 2 is 1.71 bits per heavy atom. The third kappa shape index (κ3) is 5.62. The van der Waals surface area contributed by atoms with E-state index in [4.69, 9.17) is 16.3 Å². The number of nitrogens with zero attached hydrogens (tertiary/aromatic N) is 1. The molecular formula is C28H22ClF3N2O4. The molecule has 10 heteroatoms. The number of nitrogens with one attached hydrogen (secondary N) is 1. The third-order valence-electron chi connectivity index (χ3n) is 6.38. The van der Waals surface area contributed by atoms with Crippen LogP contribution in [-0.4, -0.2) is 22.7 Å². The van der Waals surface area contributed by atoms with Gasteiger partial charge in [0, 0.05) is 29.4 Å². The average Bonchev–Trinajstić information content (AvgIpc) is 3.29. The SMILES string of the molecule is Cc1c(Oc2ccc(Cl)cc2)c2ccc(OC(F)(F)F)cc2n1Cc1cccc(CC2CC(=O)NC2=O)c1. The van der Waals surface area contributed by atoms with Gasteiger partial charge in [-0.1, -0.05) is 35.9 Å². The van der Waals surface area contributed by atoms with Crippen LogP contribution in [-0.2, 0) is 22.6 Å². The molecule has 1 aliphatic heterocycles. The van der Waals surface area contributed by atoms with Gasteiger partial charge in [0.25, 0.3) is 0 Å². The number of ether oxygens (including phenoxy) is 2. The summed E-state index contributed by atoms with van der Waals surface area (Å²) in [6, 6.07) is 18.5. The molecule has 1 aliphatic rings. The van der Waals surface area contributed by atoms with E-state index in [2.05, 4.69) is 10.1 Å². The Hall–Kier alpha value is -3.98. The highest BCUT2D eigenvalue weighted by molar-refractivity contribution is 6.30. The van der Waals surface area contributed by atoms with Crippen LogP contribution in [0.3, 0.4) is 0 Å². The van der Waals surface area contributed by atoms with Crippen LogP contribution in [0.15, 0.2) is 66.7 Å². The molecule has 1 N–H and O–H groups in total. The number of rotatable bonds is 7. The predicted octanol–water partition coefficient (Wildman–Crippen LogP) is 6.55. The van der Waals surface area contributed by atoms with E-state index in [1.165, 1.54) is 18.2 Å². The second kappa shape index (κ2) is 10.1. The van der Waals surface area contributed by atoms with Crippen molar-refractivity contribution in [3.63, 3.8) is 0 Å². The van der Waals surface area contributed by atoms with Gasteiger partial charge in [-0.05, 0) is 60.9 Å². The first-order chi connectivity index (χ1) is 18.1. The molecule has 38 heavy (non-hydrogen) atoms. The number of benzene rings is 3. The minimum atomic E-state index is -4.83. The predicted molar refractivity (Wildman–Crippen MR) is 135 cm³/mol. The smallest absolute Gasteiger partial charge is 0.455 e. The molecule has 1 unspecified atom stereocenters. The van der Waals surface area contributed by atoms with Crippen LogP contribution >= 0.6 is 11.6 Å². The largest absolute Gasteiger partial charge is 0.573 e. The number of halogens is 4. The van der Waals surface area contributed by atoms with Crippen molar-refractivity contribution in [2.45, 2.75) is 32.7 Å². The van der Waals surface area contributed by atoms with Crippen molar-refractivity contribution in [1.29, 1.82) is 0 Å². The van der Waals surface area contributed by atoms with E-state index in [0.29, 0.717) is 46.1 Å². The molecule has 1 atom stereocenters. The van der Waals surface area contributed by atoms with E-state index in [9.17, 15) is 22.8 Å². The van der Waals surface area contributed by atoms with Gasteiger partial charge < -0.3 is 14.0 Å². The van der Waals surface area contributed by atoms with E-state index in [0.717, 1.165) is 11.1 Å². The van der Waals surface area contributed by atoms with Crippen LogP contribution in [0.1, 0.15) is 23.2 Å². The fourth-order valence-electron chi connectivity index (χ4n) is 4.67. The Labute approximate surface area is 220 Å². The van der Waals surface area contributed by atoms with Gasteiger partial charge in [0.2, 0.25) is 11.8 Å². The molecule has 2 heterocycles. The highest BCUT2D eigenvalue weighted by Gasteiger charge is 2.32. The van der Waals surface area contributed by atoms with E-state index >= 15 is 0 Å². The molecule has 0 spiro atoms. The van der Waals surface area contributed by atoms with Crippen molar-refractivity contribution in [2.75, 3.05) is 0 Å². The molecule has 3 aromatic carbocycles. The lowest BCUT2D eigenvalue weighted by molar-refractivity contribution is -0.274. The molecule has 0 saturated carbocycles. The Morgan fingerprint density at radius 3 is 2.39 bits per heavy atom. The molecule has 1 fully saturated rings. The van der Waals surface area contributed by atoms with Gasteiger partial charge in [-0.15, -0.1) is 13.2 Å². The van der Waals surface area contributed by atoms with E-state index in [1.807, 2.05) is 35.8 Å². The van der Waals surface area contributed by atoms with Gasteiger partial charge in [0.15, 0.2) is 5.75 Å². The zero-order valence-electron chi connectivity index (χ0n) is 20.1. The van der Waals surface area contributed by atoms with Crippen LogP contribution in [0, 0.1) is 12.8 Å². The van der Waals surface area contributed by atoms with Gasteiger partial charge in [0.1, 0.15) is 11.5 Å². The second-order valence-corrected chi connectivity index (χ2v) is 9.56. The summed E-state index contributed by atoms with van der Waals surface area (Å²) in [7, 11) is 0. The summed E-state index contributed by atoms with van der Waals surface area (Å²) in [5.74, 6) is -0.304. The number of amides is 2. The molecule has 1 aromatic heterocycles. The van der Waals surface area contributed by atoms with Crippen LogP contribution < -0.4 is 14.8 Å². The maximum atomic E-state index is 12.9. The van der Waals surface area contributed by atoms with Gasteiger partial charge in [-0.2, -0.15) is 0 Å². The molecular weight excluding hydrogens is 521 g/mol. The molecule has 0 bridgehead atoms. The standard InChI is InChI=1S/C28H22ClF3N2O4/c1-16-26(37-21-7-5-20(29)6-8-21)23-10-9-22(38-28(30,31)32)14-24(23)34(16)15-18-4-2-3-17(11-18)12-19-13-25(35)33-27(19)36/h2-11,14,19H,12-13,15H2,1H3,(H,33,35,36). The molecule has 4 aromatic rings. The third-order valence-corrected chi connectivity index (χ3v) is 6.64. The van der Waals surface area contributed by atoms with Gasteiger partial charge in [0.05, 0.1) is 17.1 Å². The summed E-state index contributed by atoms with van der Waals surface area (Å²) in [6.07, 6.45) is -4.27. The van der Waals surface area contributed by atoms with E-state index in [1.54, 1.807) is 24.3 Å². The molecule has 1 saturated heterocycles. The first-order valence-electron chi connectivity index (χ1n) is 11.8. The van der Waals surface area contributed by atoms with Gasteiger partial charge in [-0.25, -0.2) is 0 Å². The van der Waals surface area contributed by atoms with Crippen LogP contribution in [0.2, 0.25) is 5.02 Å². The van der Waals surface area contributed by atoms with Crippen LogP contribution in [0.25, 0.3) is 10.9 Å². The second-order valence-electron chi connectivity index (χ2n) is 9.12. The number of hydrogen-bond acceptors (Lipinski definition) is 4. The van der Waals surface area contributed by atoms with Crippen molar-refractivity contribution < 1.29 is 32.2 Å².